The van der Waals surface area contributed by atoms with Crippen LogP contribution in [0.3, 0.4) is 0 Å². The Morgan fingerprint density at radius 3 is 2.54 bits per heavy atom. The Morgan fingerprint density at radius 2 is 1.92 bits per heavy atom. The number of primary amides is 1. The number of morpholine rings is 1. The Labute approximate surface area is 143 Å². The number of carbonyl (C=O) groups is 1. The second kappa shape index (κ2) is 6.06. The highest BCUT2D eigenvalue weighted by Crippen LogP contribution is 2.36. The first-order chi connectivity index (χ1) is 11.2. The van der Waals surface area contributed by atoms with Gasteiger partial charge in [0.2, 0.25) is 5.91 Å². The van der Waals surface area contributed by atoms with E-state index in [-0.39, 0.29) is 17.1 Å². The lowest BCUT2D eigenvalue weighted by Crippen LogP contribution is -2.53. The molecule has 1 unspecified atom stereocenters. The number of nitrogens with zero attached hydrogens (tertiary/aromatic N) is 1. The van der Waals surface area contributed by atoms with Crippen molar-refractivity contribution < 1.29 is 18.8 Å². The lowest BCUT2D eigenvalue weighted by molar-refractivity contribution is -0.121. The maximum absolute atomic E-state index is 11.7. The predicted octanol–water partition coefficient (Wildman–Crippen LogP) is 0.676. The minimum Gasteiger partial charge on any atom is -0.399 e. The molecule has 6 nitrogen and oxygen atoms in total. The van der Waals surface area contributed by atoms with E-state index in [0.29, 0.717) is 19.8 Å². The van der Waals surface area contributed by atoms with Crippen LogP contribution in [-0.4, -0.2) is 50.0 Å². The molecule has 0 aromatic heterocycles. The quantitative estimate of drug-likeness (QED) is 0.824. The maximum Gasteiger partial charge on any atom is 0.494 e. The van der Waals surface area contributed by atoms with Crippen LogP contribution >= 0.6 is 0 Å². The number of ether oxygens (including phenoxy) is 1. The number of benzene rings is 1. The van der Waals surface area contributed by atoms with Gasteiger partial charge in [0.05, 0.1) is 24.4 Å². The fraction of sp³-hybridized carbons (Fsp3) is 0.588. The van der Waals surface area contributed by atoms with Gasteiger partial charge >= 0.3 is 7.12 Å². The van der Waals surface area contributed by atoms with E-state index in [1.165, 1.54) is 0 Å². The van der Waals surface area contributed by atoms with E-state index in [4.69, 9.17) is 19.8 Å². The van der Waals surface area contributed by atoms with E-state index in [0.717, 1.165) is 11.2 Å². The molecule has 1 atom stereocenters. The molecule has 0 saturated carbocycles. The largest absolute Gasteiger partial charge is 0.494 e. The van der Waals surface area contributed by atoms with E-state index in [2.05, 4.69) is 0 Å². The molecule has 7 heteroatoms. The number of amides is 1. The van der Waals surface area contributed by atoms with Crippen molar-refractivity contribution in [2.45, 2.75) is 44.9 Å². The van der Waals surface area contributed by atoms with Gasteiger partial charge in [-0.3, -0.25) is 4.79 Å². The van der Waals surface area contributed by atoms with Crippen molar-refractivity contribution in [1.29, 1.82) is 0 Å². The van der Waals surface area contributed by atoms with Crippen molar-refractivity contribution >= 4 is 24.2 Å². The summed E-state index contributed by atoms with van der Waals surface area (Å²) in [5.74, 6) is -0.379. The Hall–Kier alpha value is -1.57. The third-order valence-corrected chi connectivity index (χ3v) is 5.18. The SMILES string of the molecule is CC1(C)OB(c2cccc(N3CCOCC3C(N)=O)c2)OC1(C)C. The minimum absolute atomic E-state index is 0.316. The Bertz CT molecular complexity index is 619. The zero-order valence-corrected chi connectivity index (χ0v) is 14.7. The molecule has 2 aliphatic rings. The molecule has 0 bridgehead atoms. The lowest BCUT2D eigenvalue weighted by Gasteiger charge is -2.35. The van der Waals surface area contributed by atoms with Crippen LogP contribution in [0.25, 0.3) is 0 Å². The second-order valence-corrected chi connectivity index (χ2v) is 7.37. The second-order valence-electron chi connectivity index (χ2n) is 7.37. The summed E-state index contributed by atoms with van der Waals surface area (Å²) < 4.78 is 17.6. The Kier molecular flexibility index (Phi) is 4.36. The summed E-state index contributed by atoms with van der Waals surface area (Å²) in [6.45, 7) is 9.63. The fourth-order valence-corrected chi connectivity index (χ4v) is 2.98. The van der Waals surface area contributed by atoms with Crippen molar-refractivity contribution in [2.75, 3.05) is 24.7 Å². The van der Waals surface area contributed by atoms with Gasteiger partial charge in [-0.2, -0.15) is 0 Å². The van der Waals surface area contributed by atoms with Crippen molar-refractivity contribution in [1.82, 2.24) is 0 Å². The van der Waals surface area contributed by atoms with Crippen LogP contribution in [0.1, 0.15) is 27.7 Å². The van der Waals surface area contributed by atoms with Crippen molar-refractivity contribution in [3.63, 3.8) is 0 Å². The fourth-order valence-electron chi connectivity index (χ4n) is 2.98. The van der Waals surface area contributed by atoms with Crippen LogP contribution in [0.5, 0.6) is 0 Å². The van der Waals surface area contributed by atoms with Gasteiger partial charge in [0.25, 0.3) is 0 Å². The molecule has 1 aromatic carbocycles. The van der Waals surface area contributed by atoms with Gasteiger partial charge in [0, 0.05) is 12.2 Å². The third kappa shape index (κ3) is 3.03. The van der Waals surface area contributed by atoms with Crippen LogP contribution in [0.2, 0.25) is 0 Å². The molecule has 1 aromatic rings. The average molecular weight is 332 g/mol. The molecule has 0 radical (unpaired) electrons. The van der Waals surface area contributed by atoms with Crippen molar-refractivity contribution in [3.8, 4) is 0 Å². The third-order valence-electron chi connectivity index (χ3n) is 5.18. The summed E-state index contributed by atoms with van der Waals surface area (Å²) in [6, 6.07) is 7.45. The zero-order chi connectivity index (χ0) is 17.5. The van der Waals surface area contributed by atoms with Crippen LogP contribution in [0.4, 0.5) is 5.69 Å². The van der Waals surface area contributed by atoms with E-state index >= 15 is 0 Å². The van der Waals surface area contributed by atoms with Gasteiger partial charge in [0.1, 0.15) is 6.04 Å². The lowest BCUT2D eigenvalue weighted by atomic mass is 9.79. The molecule has 24 heavy (non-hydrogen) atoms. The Morgan fingerprint density at radius 1 is 1.25 bits per heavy atom. The topological polar surface area (TPSA) is 74.0 Å². The van der Waals surface area contributed by atoms with Gasteiger partial charge in [-0.15, -0.1) is 0 Å². The highest BCUT2D eigenvalue weighted by Gasteiger charge is 2.51. The highest BCUT2D eigenvalue weighted by atomic mass is 16.7. The summed E-state index contributed by atoms with van der Waals surface area (Å²) in [5.41, 5.74) is 6.60. The number of anilines is 1. The first-order valence-electron chi connectivity index (χ1n) is 8.30. The van der Waals surface area contributed by atoms with Crippen LogP contribution in [0.15, 0.2) is 24.3 Å². The normalized spacial score (nSPS) is 25.8. The van der Waals surface area contributed by atoms with Gasteiger partial charge in [-0.25, -0.2) is 0 Å². The van der Waals surface area contributed by atoms with E-state index < -0.39 is 13.2 Å². The van der Waals surface area contributed by atoms with Crippen molar-refractivity contribution in [3.05, 3.63) is 24.3 Å². The molecule has 2 saturated heterocycles. The monoisotopic (exact) mass is 332 g/mol. The van der Waals surface area contributed by atoms with Gasteiger partial charge in [0.15, 0.2) is 0 Å². The van der Waals surface area contributed by atoms with Crippen LogP contribution in [-0.2, 0) is 18.8 Å². The van der Waals surface area contributed by atoms with E-state index in [9.17, 15) is 4.79 Å². The predicted molar refractivity (Wildman–Crippen MR) is 93.3 cm³/mol. The first-order valence-corrected chi connectivity index (χ1v) is 8.30. The molecule has 1 amide bonds. The first kappa shape index (κ1) is 17.3. The summed E-state index contributed by atoms with van der Waals surface area (Å²) in [5, 5.41) is 0. The summed E-state index contributed by atoms with van der Waals surface area (Å²) in [7, 11) is -0.428. The molecule has 0 aliphatic carbocycles. The van der Waals surface area contributed by atoms with Gasteiger partial charge < -0.3 is 24.7 Å². The molecule has 2 N–H and O–H groups in total. The molecule has 3 rings (SSSR count). The minimum atomic E-state index is -0.452. The molecular weight excluding hydrogens is 307 g/mol. The van der Waals surface area contributed by atoms with Crippen LogP contribution < -0.4 is 16.1 Å². The van der Waals surface area contributed by atoms with Gasteiger partial charge in [-0.1, -0.05) is 12.1 Å². The number of nitrogens with two attached hydrogens (primary N) is 1. The Balaban J connectivity index is 1.86. The zero-order valence-electron chi connectivity index (χ0n) is 14.7. The van der Waals surface area contributed by atoms with E-state index in [1.807, 2.05) is 56.9 Å². The molecular formula is C17H25BN2O4. The van der Waals surface area contributed by atoms with Gasteiger partial charge in [-0.05, 0) is 45.3 Å². The number of rotatable bonds is 3. The smallest absolute Gasteiger partial charge is 0.399 e. The number of hydrogen-bond acceptors (Lipinski definition) is 5. The summed E-state index contributed by atoms with van der Waals surface area (Å²) in [6.07, 6.45) is 0. The standard InChI is InChI=1S/C17H25BN2O4/c1-16(2)17(3,4)24-18(23-16)12-6-5-7-13(10-12)20-8-9-22-11-14(20)15(19)21/h5-7,10,14H,8-9,11H2,1-4H3,(H2,19,21). The maximum atomic E-state index is 11.7. The molecule has 2 heterocycles. The number of carbonyl (C=O) groups excluding carboxylic acids is 1. The van der Waals surface area contributed by atoms with Crippen LogP contribution in [0, 0.1) is 0 Å². The van der Waals surface area contributed by atoms with Crippen molar-refractivity contribution in [2.24, 2.45) is 5.73 Å². The van der Waals surface area contributed by atoms with E-state index in [1.54, 1.807) is 0 Å². The highest BCUT2D eigenvalue weighted by molar-refractivity contribution is 6.62. The molecule has 2 fully saturated rings. The molecule has 2 aliphatic heterocycles. The number of hydrogen-bond donors (Lipinski definition) is 1. The average Bonchev–Trinajstić information content (AvgIpc) is 2.75. The summed E-state index contributed by atoms with van der Waals surface area (Å²) >= 11 is 0. The molecule has 130 valence electrons. The summed E-state index contributed by atoms with van der Waals surface area (Å²) in [4.78, 5) is 13.7. The molecule has 0 spiro atoms.